The molecule has 2 unspecified atom stereocenters. The largest absolute Gasteiger partial charge is 0.399 e. The Labute approximate surface area is 125 Å². The molecule has 1 aliphatic heterocycles. The van der Waals surface area contributed by atoms with Gasteiger partial charge in [-0.1, -0.05) is 18.5 Å². The fraction of sp³-hybridized carbons (Fsp3) is 0.538. The molecule has 7 heteroatoms. The highest BCUT2D eigenvalue weighted by Gasteiger charge is 2.38. The van der Waals surface area contributed by atoms with Crippen molar-refractivity contribution in [2.45, 2.75) is 17.9 Å². The van der Waals surface area contributed by atoms with Gasteiger partial charge in [-0.05, 0) is 38.2 Å². The number of nitrogens with zero attached hydrogens (tertiary/aromatic N) is 2. The predicted molar refractivity (Wildman–Crippen MR) is 81.3 cm³/mol. The van der Waals surface area contributed by atoms with Crippen LogP contribution in [0.25, 0.3) is 0 Å². The fourth-order valence-electron chi connectivity index (χ4n) is 2.63. The van der Waals surface area contributed by atoms with Crippen LogP contribution in [0.3, 0.4) is 0 Å². The monoisotopic (exact) mass is 317 g/mol. The van der Waals surface area contributed by atoms with E-state index in [9.17, 15) is 8.42 Å². The zero-order chi connectivity index (χ0) is 15.1. The van der Waals surface area contributed by atoms with Crippen molar-refractivity contribution < 1.29 is 8.42 Å². The SMILES string of the molecule is CC1CN(S(=O)(=O)c2cc(N)ccc2Cl)CC1N(C)C. The van der Waals surface area contributed by atoms with Crippen molar-refractivity contribution in [3.63, 3.8) is 0 Å². The summed E-state index contributed by atoms with van der Waals surface area (Å²) in [4.78, 5) is 2.15. The third-order valence-corrected chi connectivity index (χ3v) is 6.09. The number of hydrogen-bond acceptors (Lipinski definition) is 4. The number of rotatable bonds is 3. The van der Waals surface area contributed by atoms with Gasteiger partial charge in [0.05, 0.1) is 5.02 Å². The minimum Gasteiger partial charge on any atom is -0.399 e. The molecule has 1 aromatic rings. The Hall–Kier alpha value is -0.820. The number of anilines is 1. The van der Waals surface area contributed by atoms with Gasteiger partial charge >= 0.3 is 0 Å². The number of nitrogen functional groups attached to an aromatic ring is 1. The van der Waals surface area contributed by atoms with E-state index in [4.69, 9.17) is 17.3 Å². The van der Waals surface area contributed by atoms with E-state index < -0.39 is 10.0 Å². The summed E-state index contributed by atoms with van der Waals surface area (Å²) < 4.78 is 26.9. The molecule has 0 aromatic heterocycles. The molecular weight excluding hydrogens is 298 g/mol. The van der Waals surface area contributed by atoms with Crippen LogP contribution in [-0.2, 0) is 10.0 Å². The summed E-state index contributed by atoms with van der Waals surface area (Å²) >= 11 is 6.02. The standard InChI is InChI=1S/C13H20ClN3O2S/c1-9-7-17(8-12(9)16(2)3)20(18,19)13-6-10(15)4-5-11(13)14/h4-6,9,12H,7-8,15H2,1-3H3. The minimum atomic E-state index is -3.60. The van der Waals surface area contributed by atoms with E-state index in [1.54, 1.807) is 6.07 Å². The highest BCUT2D eigenvalue weighted by Crippen LogP contribution is 2.31. The molecule has 1 fully saturated rings. The maximum Gasteiger partial charge on any atom is 0.244 e. The van der Waals surface area contributed by atoms with Gasteiger partial charge in [-0.25, -0.2) is 8.42 Å². The second kappa shape index (κ2) is 5.52. The van der Waals surface area contributed by atoms with E-state index in [0.29, 0.717) is 18.8 Å². The number of nitrogens with two attached hydrogens (primary N) is 1. The molecule has 2 atom stereocenters. The molecule has 0 radical (unpaired) electrons. The van der Waals surface area contributed by atoms with Crippen LogP contribution in [-0.4, -0.2) is 50.8 Å². The second-order valence-corrected chi connectivity index (χ2v) is 7.83. The number of hydrogen-bond donors (Lipinski definition) is 1. The molecular formula is C13H20ClN3O2S. The summed E-state index contributed by atoms with van der Waals surface area (Å²) in [5.41, 5.74) is 6.07. The van der Waals surface area contributed by atoms with Crippen molar-refractivity contribution in [3.8, 4) is 0 Å². The van der Waals surface area contributed by atoms with Gasteiger partial charge in [-0.2, -0.15) is 4.31 Å². The van der Waals surface area contributed by atoms with E-state index in [1.165, 1.54) is 16.4 Å². The first-order chi connectivity index (χ1) is 9.23. The topological polar surface area (TPSA) is 66.6 Å². The van der Waals surface area contributed by atoms with E-state index in [1.807, 2.05) is 14.1 Å². The lowest BCUT2D eigenvalue weighted by atomic mass is 10.1. The maximum absolute atomic E-state index is 12.7. The lowest BCUT2D eigenvalue weighted by molar-refractivity contribution is 0.263. The second-order valence-electron chi connectivity index (χ2n) is 5.52. The predicted octanol–water partition coefficient (Wildman–Crippen LogP) is 1.49. The van der Waals surface area contributed by atoms with E-state index in [2.05, 4.69) is 11.8 Å². The smallest absolute Gasteiger partial charge is 0.244 e. The van der Waals surface area contributed by atoms with E-state index in [0.717, 1.165) is 0 Å². The molecule has 2 N–H and O–H groups in total. The first-order valence-corrected chi connectivity index (χ1v) is 8.27. The molecule has 112 valence electrons. The van der Waals surface area contributed by atoms with Crippen molar-refractivity contribution in [3.05, 3.63) is 23.2 Å². The van der Waals surface area contributed by atoms with Crippen LogP contribution < -0.4 is 5.73 Å². The van der Waals surface area contributed by atoms with Crippen molar-refractivity contribution in [1.29, 1.82) is 0 Å². The van der Waals surface area contributed by atoms with Crippen molar-refractivity contribution in [1.82, 2.24) is 9.21 Å². The van der Waals surface area contributed by atoms with Crippen LogP contribution in [0.4, 0.5) is 5.69 Å². The molecule has 2 rings (SSSR count). The third-order valence-electron chi connectivity index (χ3n) is 3.78. The fourth-order valence-corrected chi connectivity index (χ4v) is 4.70. The summed E-state index contributed by atoms with van der Waals surface area (Å²) in [6.45, 7) is 3.03. The Balaban J connectivity index is 2.35. The molecule has 0 saturated carbocycles. The van der Waals surface area contributed by atoms with Gasteiger partial charge in [0.15, 0.2) is 0 Å². The molecule has 0 spiro atoms. The van der Waals surface area contributed by atoms with Gasteiger partial charge in [0, 0.05) is 24.8 Å². The van der Waals surface area contributed by atoms with Crippen molar-refractivity contribution in [2.24, 2.45) is 5.92 Å². The average Bonchev–Trinajstić information content (AvgIpc) is 2.75. The summed E-state index contributed by atoms with van der Waals surface area (Å²) in [5.74, 6) is 0.277. The van der Waals surface area contributed by atoms with Gasteiger partial charge in [-0.15, -0.1) is 0 Å². The summed E-state index contributed by atoms with van der Waals surface area (Å²) in [6, 6.07) is 4.75. The zero-order valence-electron chi connectivity index (χ0n) is 11.9. The third kappa shape index (κ3) is 2.79. The van der Waals surface area contributed by atoms with Gasteiger partial charge in [0.1, 0.15) is 4.90 Å². The first kappa shape index (κ1) is 15.6. The van der Waals surface area contributed by atoms with Crippen LogP contribution in [0.2, 0.25) is 5.02 Å². The van der Waals surface area contributed by atoms with Crippen LogP contribution in [0.1, 0.15) is 6.92 Å². The van der Waals surface area contributed by atoms with Gasteiger partial charge < -0.3 is 10.6 Å². The Morgan fingerprint density at radius 3 is 2.55 bits per heavy atom. The highest BCUT2D eigenvalue weighted by atomic mass is 35.5. The van der Waals surface area contributed by atoms with Crippen LogP contribution in [0.15, 0.2) is 23.1 Å². The number of benzene rings is 1. The average molecular weight is 318 g/mol. The molecule has 0 bridgehead atoms. The first-order valence-electron chi connectivity index (χ1n) is 6.45. The Morgan fingerprint density at radius 2 is 2.00 bits per heavy atom. The highest BCUT2D eigenvalue weighted by molar-refractivity contribution is 7.89. The quantitative estimate of drug-likeness (QED) is 0.858. The lowest BCUT2D eigenvalue weighted by Gasteiger charge is -2.22. The van der Waals surface area contributed by atoms with Crippen LogP contribution in [0.5, 0.6) is 0 Å². The lowest BCUT2D eigenvalue weighted by Crippen LogP contribution is -2.35. The molecule has 1 saturated heterocycles. The van der Waals surface area contributed by atoms with E-state index in [-0.39, 0.29) is 21.9 Å². The summed E-state index contributed by atoms with van der Waals surface area (Å²) in [5, 5.41) is 0.208. The van der Waals surface area contributed by atoms with Gasteiger partial charge in [-0.3, -0.25) is 0 Å². The van der Waals surface area contributed by atoms with Gasteiger partial charge in [0.25, 0.3) is 0 Å². The molecule has 1 aromatic carbocycles. The summed E-state index contributed by atoms with van der Waals surface area (Å²) in [6.07, 6.45) is 0. The number of sulfonamides is 1. The Bertz CT molecular complexity index is 604. The zero-order valence-corrected chi connectivity index (χ0v) is 13.4. The van der Waals surface area contributed by atoms with Crippen molar-refractivity contribution >= 4 is 27.3 Å². The number of halogens is 1. The molecule has 20 heavy (non-hydrogen) atoms. The Morgan fingerprint density at radius 1 is 1.35 bits per heavy atom. The molecule has 0 aliphatic carbocycles. The maximum atomic E-state index is 12.7. The molecule has 1 heterocycles. The van der Waals surface area contributed by atoms with Gasteiger partial charge in [0.2, 0.25) is 10.0 Å². The summed E-state index contributed by atoms with van der Waals surface area (Å²) in [7, 11) is 0.330. The van der Waals surface area contributed by atoms with Crippen molar-refractivity contribution in [2.75, 3.05) is 32.9 Å². The van der Waals surface area contributed by atoms with E-state index >= 15 is 0 Å². The van der Waals surface area contributed by atoms with Crippen LogP contribution in [0, 0.1) is 5.92 Å². The van der Waals surface area contributed by atoms with Crippen LogP contribution >= 0.6 is 11.6 Å². The number of likely N-dealkylation sites (N-methyl/N-ethyl adjacent to an activating group) is 1. The molecule has 0 amide bonds. The minimum absolute atomic E-state index is 0.0887. The normalized spacial score (nSPS) is 24.4. The molecule has 1 aliphatic rings. The Kier molecular flexibility index (Phi) is 4.30. The molecule has 5 nitrogen and oxygen atoms in total.